The summed E-state index contributed by atoms with van der Waals surface area (Å²) >= 11 is 0. The number of hydrogen-bond donors (Lipinski definition) is 0. The Balaban J connectivity index is 2.60. The van der Waals surface area contributed by atoms with E-state index in [0.29, 0.717) is 0 Å². The minimum absolute atomic E-state index is 0.144. The van der Waals surface area contributed by atoms with Crippen molar-refractivity contribution in [2.45, 2.75) is 38.9 Å². The van der Waals surface area contributed by atoms with Crippen molar-refractivity contribution in [2.75, 3.05) is 0 Å². The van der Waals surface area contributed by atoms with E-state index in [2.05, 4.69) is 5.82 Å². The van der Waals surface area contributed by atoms with Gasteiger partial charge in [0.1, 0.15) is 0 Å². The molecule has 0 spiro atoms. The van der Waals surface area contributed by atoms with Crippen LogP contribution in [0.15, 0.2) is 0 Å². The number of rotatable bonds is 0. The van der Waals surface area contributed by atoms with Crippen LogP contribution in [0.4, 0.5) is 0 Å². The van der Waals surface area contributed by atoms with E-state index in [-0.39, 0.29) is 11.7 Å². The molecule has 1 aliphatic heterocycles. The van der Waals surface area contributed by atoms with Crippen LogP contribution in [0, 0.1) is 12.2 Å². The molecule has 0 bridgehead atoms. The molecule has 1 atom stereocenters. The fourth-order valence-electron chi connectivity index (χ4n) is 1.39. The van der Waals surface area contributed by atoms with Gasteiger partial charge in [0.25, 0.3) is 0 Å². The van der Waals surface area contributed by atoms with Gasteiger partial charge in [-0.15, -0.1) is 6.42 Å². The van der Waals surface area contributed by atoms with Crippen LogP contribution in [-0.2, 0) is 9.31 Å². The molecule has 0 aromatic heterocycles. The van der Waals surface area contributed by atoms with E-state index in [1.165, 1.54) is 0 Å². The van der Waals surface area contributed by atoms with Crippen molar-refractivity contribution in [1.82, 2.24) is 0 Å². The maximum atomic E-state index is 5.44. The zero-order valence-corrected chi connectivity index (χ0v) is 7.26. The first-order valence-electron chi connectivity index (χ1n) is 3.83. The molecule has 1 rings (SSSR count). The highest BCUT2D eigenvalue weighted by atomic mass is 16.6. The average molecular weight is 152 g/mol. The highest BCUT2D eigenvalue weighted by Gasteiger charge is 2.35. The average Bonchev–Trinajstić information content (AvgIpc) is 1.83. The van der Waals surface area contributed by atoms with Gasteiger partial charge in [0.15, 0.2) is 0 Å². The van der Waals surface area contributed by atoms with Gasteiger partial charge in [-0.05, 0) is 27.2 Å². The third-order valence-corrected chi connectivity index (χ3v) is 1.70. The monoisotopic (exact) mass is 152 g/mol. The highest BCUT2D eigenvalue weighted by molar-refractivity contribution is 6.54. The molecule has 0 aromatic rings. The Labute approximate surface area is 68.4 Å². The Morgan fingerprint density at radius 2 is 2.27 bits per heavy atom. The largest absolute Gasteiger partial charge is 0.550 e. The van der Waals surface area contributed by atoms with Gasteiger partial charge in [0.2, 0.25) is 0 Å². The summed E-state index contributed by atoms with van der Waals surface area (Å²) in [6, 6.07) is 0. The topological polar surface area (TPSA) is 18.5 Å². The Morgan fingerprint density at radius 1 is 1.64 bits per heavy atom. The molecule has 11 heavy (non-hydrogen) atoms. The molecule has 1 aliphatic rings. The summed E-state index contributed by atoms with van der Waals surface area (Å²) in [6.07, 6.45) is 6.27. The molecule has 3 heteroatoms. The lowest BCUT2D eigenvalue weighted by Crippen LogP contribution is -2.45. The van der Waals surface area contributed by atoms with Crippen molar-refractivity contribution in [3.63, 3.8) is 0 Å². The van der Waals surface area contributed by atoms with Crippen molar-refractivity contribution in [3.05, 3.63) is 0 Å². The Morgan fingerprint density at radius 3 is 2.73 bits per heavy atom. The van der Waals surface area contributed by atoms with Gasteiger partial charge in [-0.2, -0.15) is 0 Å². The molecule has 0 amide bonds. The fraction of sp³-hybridized carbons (Fsp3) is 0.750. The molecule has 1 saturated heterocycles. The van der Waals surface area contributed by atoms with E-state index < -0.39 is 7.12 Å². The lowest BCUT2D eigenvalue weighted by Gasteiger charge is -2.36. The first-order chi connectivity index (χ1) is 5.03. The van der Waals surface area contributed by atoms with Crippen LogP contribution in [0.2, 0.25) is 0 Å². The fourth-order valence-corrected chi connectivity index (χ4v) is 1.39. The quantitative estimate of drug-likeness (QED) is 0.384. The third-order valence-electron chi connectivity index (χ3n) is 1.70. The second-order valence-electron chi connectivity index (χ2n) is 3.53. The summed E-state index contributed by atoms with van der Waals surface area (Å²) in [5.74, 6) is 2.45. The molecule has 0 aliphatic carbocycles. The Hall–Kier alpha value is -0.455. The molecule has 0 N–H and O–H groups in total. The summed E-state index contributed by atoms with van der Waals surface area (Å²) in [7, 11) is -0.464. The van der Waals surface area contributed by atoms with E-state index in [9.17, 15) is 0 Å². The molecule has 60 valence electrons. The van der Waals surface area contributed by atoms with Crippen molar-refractivity contribution >= 4 is 7.12 Å². The van der Waals surface area contributed by atoms with E-state index in [0.717, 1.165) is 6.42 Å². The first kappa shape index (κ1) is 8.64. The zero-order valence-electron chi connectivity index (χ0n) is 7.26. The summed E-state index contributed by atoms with van der Waals surface area (Å²) in [5, 5.41) is 0. The first-order valence-corrected chi connectivity index (χ1v) is 3.83. The maximum absolute atomic E-state index is 5.44. The van der Waals surface area contributed by atoms with E-state index in [1.807, 2.05) is 20.8 Å². The molecule has 1 unspecified atom stereocenters. The van der Waals surface area contributed by atoms with Gasteiger partial charge in [0.05, 0.1) is 5.60 Å². The molecule has 1 fully saturated rings. The minimum atomic E-state index is -0.464. The van der Waals surface area contributed by atoms with E-state index in [1.54, 1.807) is 0 Å². The van der Waals surface area contributed by atoms with Crippen LogP contribution in [0.3, 0.4) is 0 Å². The van der Waals surface area contributed by atoms with E-state index >= 15 is 0 Å². The van der Waals surface area contributed by atoms with Crippen molar-refractivity contribution in [2.24, 2.45) is 0 Å². The molecule has 2 nitrogen and oxygen atoms in total. The number of terminal acetylenes is 1. The normalized spacial score (nSPS) is 29.6. The van der Waals surface area contributed by atoms with Crippen molar-refractivity contribution < 1.29 is 9.31 Å². The van der Waals surface area contributed by atoms with E-state index in [4.69, 9.17) is 15.7 Å². The molecular weight excluding hydrogens is 139 g/mol. The van der Waals surface area contributed by atoms with Crippen LogP contribution in [0.25, 0.3) is 0 Å². The van der Waals surface area contributed by atoms with Crippen molar-refractivity contribution in [1.29, 1.82) is 0 Å². The SMILES string of the molecule is C#CB1OC(C)CC(C)(C)O1. The summed E-state index contributed by atoms with van der Waals surface area (Å²) in [5.41, 5.74) is -0.144. The van der Waals surface area contributed by atoms with Crippen LogP contribution in [0.1, 0.15) is 27.2 Å². The van der Waals surface area contributed by atoms with Crippen molar-refractivity contribution in [3.8, 4) is 12.2 Å². The van der Waals surface area contributed by atoms with Crippen LogP contribution >= 0.6 is 0 Å². The Bertz CT molecular complexity index is 183. The Kier molecular flexibility index (Phi) is 2.27. The summed E-state index contributed by atoms with van der Waals surface area (Å²) in [6.45, 7) is 6.06. The van der Waals surface area contributed by atoms with Gasteiger partial charge in [0, 0.05) is 6.10 Å². The summed E-state index contributed by atoms with van der Waals surface area (Å²) in [4.78, 5) is 0. The molecule has 1 heterocycles. The van der Waals surface area contributed by atoms with Gasteiger partial charge >= 0.3 is 7.12 Å². The predicted molar refractivity (Wildman–Crippen MR) is 44.9 cm³/mol. The molecule has 0 radical (unpaired) electrons. The lowest BCUT2D eigenvalue weighted by molar-refractivity contribution is -0.0225. The second kappa shape index (κ2) is 2.88. The van der Waals surface area contributed by atoms with Crippen LogP contribution < -0.4 is 0 Å². The highest BCUT2D eigenvalue weighted by Crippen LogP contribution is 2.24. The van der Waals surface area contributed by atoms with Gasteiger partial charge in [-0.1, -0.05) is 5.82 Å². The number of hydrogen-bond acceptors (Lipinski definition) is 2. The smallest absolute Gasteiger partial charge is 0.398 e. The van der Waals surface area contributed by atoms with Gasteiger partial charge in [-0.3, -0.25) is 0 Å². The van der Waals surface area contributed by atoms with Crippen LogP contribution in [0.5, 0.6) is 0 Å². The third kappa shape index (κ3) is 2.25. The molecule has 0 saturated carbocycles. The lowest BCUT2D eigenvalue weighted by atomic mass is 9.84. The second-order valence-corrected chi connectivity index (χ2v) is 3.53. The van der Waals surface area contributed by atoms with Gasteiger partial charge < -0.3 is 9.31 Å². The predicted octanol–water partition coefficient (Wildman–Crippen LogP) is 1.25. The van der Waals surface area contributed by atoms with Crippen LogP contribution in [-0.4, -0.2) is 18.8 Å². The maximum Gasteiger partial charge on any atom is 0.550 e. The minimum Gasteiger partial charge on any atom is -0.398 e. The molecular formula is C8H13BO2. The summed E-state index contributed by atoms with van der Waals surface area (Å²) < 4.78 is 10.7. The van der Waals surface area contributed by atoms with Gasteiger partial charge in [-0.25, -0.2) is 0 Å². The standard InChI is InChI=1S/C8H13BO2/c1-5-9-10-7(2)6-8(3,4)11-9/h1,7H,6H2,2-4H3. The molecule has 0 aromatic carbocycles. The zero-order chi connectivity index (χ0) is 8.48.